The normalized spacial score (nSPS) is 36.1. The van der Waals surface area contributed by atoms with Crippen LogP contribution in [0.2, 0.25) is 0 Å². The van der Waals surface area contributed by atoms with Crippen molar-refractivity contribution in [1.82, 2.24) is 4.90 Å². The zero-order chi connectivity index (χ0) is 13.5. The van der Waals surface area contributed by atoms with Gasteiger partial charge in [0.2, 0.25) is 5.91 Å². The van der Waals surface area contributed by atoms with Crippen molar-refractivity contribution < 1.29 is 14.3 Å². The van der Waals surface area contributed by atoms with Crippen molar-refractivity contribution in [1.29, 1.82) is 0 Å². The van der Waals surface area contributed by atoms with Gasteiger partial charge in [-0.25, -0.2) is 0 Å². The summed E-state index contributed by atoms with van der Waals surface area (Å²) in [6.07, 6.45) is 4.44. The van der Waals surface area contributed by atoms with Gasteiger partial charge in [0.05, 0.1) is 13.1 Å². The summed E-state index contributed by atoms with van der Waals surface area (Å²) >= 11 is 0. The molecule has 0 bridgehead atoms. The predicted octanol–water partition coefficient (Wildman–Crippen LogP) is 1.69. The van der Waals surface area contributed by atoms with Crippen molar-refractivity contribution in [3.05, 3.63) is 0 Å². The van der Waals surface area contributed by atoms with Crippen LogP contribution in [-0.2, 0) is 14.3 Å². The van der Waals surface area contributed by atoms with E-state index >= 15 is 0 Å². The van der Waals surface area contributed by atoms with E-state index in [1.807, 2.05) is 4.90 Å². The van der Waals surface area contributed by atoms with Crippen LogP contribution in [0.5, 0.6) is 0 Å². The molecule has 4 heteroatoms. The molecule has 0 aromatic heterocycles. The number of rotatable bonds is 4. The minimum atomic E-state index is -0.0234. The predicted molar refractivity (Wildman–Crippen MR) is 71.8 cm³/mol. The van der Waals surface area contributed by atoms with Crippen LogP contribution >= 0.6 is 0 Å². The fraction of sp³-hybridized carbons (Fsp3) is 0.933. The molecule has 0 aromatic carbocycles. The highest BCUT2D eigenvalue weighted by Gasteiger charge is 2.52. The molecule has 3 aliphatic rings. The first-order chi connectivity index (χ1) is 9.13. The number of carbonyl (C=O) groups excluding carboxylic acids is 1. The lowest BCUT2D eigenvalue weighted by Gasteiger charge is -2.53. The Morgan fingerprint density at radius 2 is 2.21 bits per heavy atom. The average Bonchev–Trinajstić information content (AvgIpc) is 3.10. The second kappa shape index (κ2) is 5.06. The van der Waals surface area contributed by atoms with Gasteiger partial charge in [-0.15, -0.1) is 0 Å². The number of amides is 1. The Bertz CT molecular complexity index is 351. The molecule has 3 atom stereocenters. The zero-order valence-corrected chi connectivity index (χ0v) is 12.1. The van der Waals surface area contributed by atoms with E-state index in [9.17, 15) is 4.79 Å². The summed E-state index contributed by atoms with van der Waals surface area (Å²) in [7, 11) is 1.76. The van der Waals surface area contributed by atoms with Gasteiger partial charge in [0, 0.05) is 26.2 Å². The number of hydrogen-bond acceptors (Lipinski definition) is 3. The van der Waals surface area contributed by atoms with E-state index < -0.39 is 0 Å². The lowest BCUT2D eigenvalue weighted by Crippen LogP contribution is -2.67. The first-order valence-electron chi connectivity index (χ1n) is 7.55. The van der Waals surface area contributed by atoms with Crippen LogP contribution in [0.15, 0.2) is 0 Å². The Morgan fingerprint density at radius 1 is 1.47 bits per heavy atom. The molecule has 108 valence electrons. The van der Waals surface area contributed by atoms with Crippen LogP contribution < -0.4 is 0 Å². The minimum absolute atomic E-state index is 0.0234. The Balaban J connectivity index is 1.48. The molecule has 0 aromatic rings. The van der Waals surface area contributed by atoms with Crippen molar-refractivity contribution in [2.45, 2.75) is 38.2 Å². The first kappa shape index (κ1) is 13.4. The Kier molecular flexibility index (Phi) is 3.56. The SMILES string of the molecule is COCCC1CCOC2(C1)CN(C(=O)C1CC1C)C2. The lowest BCUT2D eigenvalue weighted by molar-refractivity contribution is -0.190. The molecule has 0 N–H and O–H groups in total. The van der Waals surface area contributed by atoms with E-state index in [0.29, 0.717) is 23.7 Å². The molecule has 2 saturated heterocycles. The van der Waals surface area contributed by atoms with E-state index in [-0.39, 0.29) is 5.60 Å². The van der Waals surface area contributed by atoms with Crippen LogP contribution in [0.3, 0.4) is 0 Å². The highest BCUT2D eigenvalue weighted by Crippen LogP contribution is 2.43. The van der Waals surface area contributed by atoms with Gasteiger partial charge in [-0.1, -0.05) is 6.92 Å². The van der Waals surface area contributed by atoms with Crippen LogP contribution in [-0.4, -0.2) is 49.8 Å². The largest absolute Gasteiger partial charge is 0.385 e. The molecule has 3 rings (SSSR count). The Labute approximate surface area is 115 Å². The van der Waals surface area contributed by atoms with Crippen molar-refractivity contribution in [2.75, 3.05) is 33.4 Å². The summed E-state index contributed by atoms with van der Waals surface area (Å²) in [5, 5.41) is 0. The maximum atomic E-state index is 12.1. The van der Waals surface area contributed by atoms with Crippen LogP contribution in [0.25, 0.3) is 0 Å². The second-order valence-electron chi connectivity index (χ2n) is 6.69. The molecule has 4 nitrogen and oxygen atoms in total. The monoisotopic (exact) mass is 267 g/mol. The van der Waals surface area contributed by atoms with Gasteiger partial charge < -0.3 is 14.4 Å². The quantitative estimate of drug-likeness (QED) is 0.778. The standard InChI is InChI=1S/C15H25NO3/c1-11-7-13(11)14(17)16-9-15(10-16)8-12(3-5-18-2)4-6-19-15/h11-13H,3-10H2,1-2H3. The minimum Gasteiger partial charge on any atom is -0.385 e. The first-order valence-corrected chi connectivity index (χ1v) is 7.55. The molecule has 1 saturated carbocycles. The summed E-state index contributed by atoms with van der Waals surface area (Å²) < 4.78 is 11.2. The van der Waals surface area contributed by atoms with E-state index in [1.165, 1.54) is 0 Å². The zero-order valence-electron chi connectivity index (χ0n) is 12.1. The highest BCUT2D eigenvalue weighted by molar-refractivity contribution is 5.82. The van der Waals surface area contributed by atoms with Crippen LogP contribution in [0.1, 0.15) is 32.6 Å². The van der Waals surface area contributed by atoms with Crippen molar-refractivity contribution in [3.63, 3.8) is 0 Å². The molecular formula is C15H25NO3. The summed E-state index contributed by atoms with van der Waals surface area (Å²) in [4.78, 5) is 14.1. The van der Waals surface area contributed by atoms with Gasteiger partial charge in [0.25, 0.3) is 0 Å². The maximum Gasteiger partial charge on any atom is 0.226 e. The molecule has 1 aliphatic carbocycles. The molecule has 19 heavy (non-hydrogen) atoms. The average molecular weight is 267 g/mol. The Morgan fingerprint density at radius 3 is 2.84 bits per heavy atom. The third-order valence-electron chi connectivity index (χ3n) is 5.02. The number of likely N-dealkylation sites (tertiary alicyclic amines) is 1. The topological polar surface area (TPSA) is 38.8 Å². The Hall–Kier alpha value is -0.610. The molecule has 1 amide bonds. The van der Waals surface area contributed by atoms with Crippen molar-refractivity contribution >= 4 is 5.91 Å². The third-order valence-corrected chi connectivity index (χ3v) is 5.02. The number of nitrogens with zero attached hydrogens (tertiary/aromatic N) is 1. The molecular weight excluding hydrogens is 242 g/mol. The maximum absolute atomic E-state index is 12.1. The smallest absolute Gasteiger partial charge is 0.226 e. The van der Waals surface area contributed by atoms with Gasteiger partial charge >= 0.3 is 0 Å². The van der Waals surface area contributed by atoms with Gasteiger partial charge in [-0.05, 0) is 37.5 Å². The molecule has 1 spiro atoms. The molecule has 3 unspecified atom stereocenters. The fourth-order valence-electron chi connectivity index (χ4n) is 3.59. The lowest BCUT2D eigenvalue weighted by atomic mass is 9.79. The number of ether oxygens (including phenoxy) is 2. The molecule has 2 heterocycles. The van der Waals surface area contributed by atoms with Crippen molar-refractivity contribution in [3.8, 4) is 0 Å². The van der Waals surface area contributed by atoms with E-state index in [0.717, 1.165) is 52.0 Å². The van der Waals surface area contributed by atoms with Gasteiger partial charge in [0.15, 0.2) is 0 Å². The van der Waals surface area contributed by atoms with Gasteiger partial charge in [0.1, 0.15) is 5.60 Å². The summed E-state index contributed by atoms with van der Waals surface area (Å²) in [5.41, 5.74) is -0.0234. The van der Waals surface area contributed by atoms with E-state index in [4.69, 9.17) is 9.47 Å². The molecule has 2 aliphatic heterocycles. The van der Waals surface area contributed by atoms with Crippen LogP contribution in [0, 0.1) is 17.8 Å². The third kappa shape index (κ3) is 2.65. The summed E-state index contributed by atoms with van der Waals surface area (Å²) in [6.45, 7) is 5.48. The number of carbonyl (C=O) groups is 1. The number of hydrogen-bond donors (Lipinski definition) is 0. The fourth-order valence-corrected chi connectivity index (χ4v) is 3.59. The second-order valence-corrected chi connectivity index (χ2v) is 6.69. The molecule has 3 fully saturated rings. The summed E-state index contributed by atoms with van der Waals surface area (Å²) in [6, 6.07) is 0. The van der Waals surface area contributed by atoms with Crippen molar-refractivity contribution in [2.24, 2.45) is 17.8 Å². The van der Waals surface area contributed by atoms with Gasteiger partial charge in [-0.3, -0.25) is 4.79 Å². The van der Waals surface area contributed by atoms with Crippen LogP contribution in [0.4, 0.5) is 0 Å². The van der Waals surface area contributed by atoms with E-state index in [2.05, 4.69) is 6.92 Å². The van der Waals surface area contributed by atoms with Gasteiger partial charge in [-0.2, -0.15) is 0 Å². The summed E-state index contributed by atoms with van der Waals surface area (Å²) in [5.74, 6) is 1.97. The molecule has 0 radical (unpaired) electrons. The highest BCUT2D eigenvalue weighted by atomic mass is 16.5. The van der Waals surface area contributed by atoms with E-state index in [1.54, 1.807) is 7.11 Å². The number of methoxy groups -OCH3 is 1.